The highest BCUT2D eigenvalue weighted by Gasteiger charge is 2.23. The number of rotatable bonds is 2. The van der Waals surface area contributed by atoms with Gasteiger partial charge in [-0.25, -0.2) is 4.79 Å². The Hall–Kier alpha value is -2.17. The fraction of sp³-hybridized carbons (Fsp3) is 0.250. The van der Waals surface area contributed by atoms with Gasteiger partial charge in [-0.05, 0) is 18.2 Å². The second kappa shape index (κ2) is 3.69. The van der Waals surface area contributed by atoms with Crippen LogP contribution in [0, 0.1) is 0 Å². The summed E-state index contributed by atoms with van der Waals surface area (Å²) in [6.07, 6.45) is 1.93. The molecule has 0 saturated carbocycles. The predicted molar refractivity (Wildman–Crippen MR) is 64.1 cm³/mol. The van der Waals surface area contributed by atoms with E-state index >= 15 is 0 Å². The van der Waals surface area contributed by atoms with Crippen molar-refractivity contribution in [3.63, 3.8) is 0 Å². The molecule has 88 valence electrons. The number of H-pyrrole nitrogens is 1. The Kier molecular flexibility index (Phi) is 2.18. The number of urea groups is 1. The monoisotopic (exact) mass is 231 g/mol. The molecule has 5 nitrogen and oxygen atoms in total. The molecule has 0 radical (unpaired) electrons. The largest absolute Gasteiger partial charge is 0.497 e. The third kappa shape index (κ3) is 1.60. The lowest BCUT2D eigenvalue weighted by molar-refractivity contribution is 0.247. The van der Waals surface area contributed by atoms with Crippen molar-refractivity contribution >= 4 is 16.9 Å². The smallest absolute Gasteiger partial charge is 0.315 e. The standard InChI is InChI=1S/C12H13N3O2/c1-17-7-2-3-10-8(4-7)9(5-13-10)11-6-14-12(16)15-11/h2-5,11,13H,6H2,1H3,(H2,14,15,16)/t11-/m1/s1. The minimum Gasteiger partial charge on any atom is -0.497 e. The van der Waals surface area contributed by atoms with Crippen molar-refractivity contribution in [2.24, 2.45) is 0 Å². The summed E-state index contributed by atoms with van der Waals surface area (Å²) in [4.78, 5) is 14.3. The van der Waals surface area contributed by atoms with Crippen molar-refractivity contribution in [2.45, 2.75) is 6.04 Å². The molecule has 1 fully saturated rings. The van der Waals surface area contributed by atoms with Gasteiger partial charge in [-0.1, -0.05) is 0 Å². The number of hydrogen-bond donors (Lipinski definition) is 3. The SMILES string of the molecule is COc1ccc2[nH]cc([C@H]3CNC(=O)N3)c2c1. The van der Waals surface area contributed by atoms with Crippen LogP contribution in [0.5, 0.6) is 5.75 Å². The van der Waals surface area contributed by atoms with Crippen molar-refractivity contribution in [2.75, 3.05) is 13.7 Å². The summed E-state index contributed by atoms with van der Waals surface area (Å²) in [6.45, 7) is 0.614. The number of hydrogen-bond acceptors (Lipinski definition) is 2. The zero-order valence-electron chi connectivity index (χ0n) is 9.41. The lowest BCUT2D eigenvalue weighted by Crippen LogP contribution is -2.21. The van der Waals surface area contributed by atoms with E-state index in [1.807, 2.05) is 24.4 Å². The number of benzene rings is 1. The number of methoxy groups -OCH3 is 1. The minimum absolute atomic E-state index is 0.0170. The van der Waals surface area contributed by atoms with Gasteiger partial charge in [0.15, 0.2) is 0 Å². The molecular formula is C12H13N3O2. The zero-order valence-corrected chi connectivity index (χ0v) is 9.41. The van der Waals surface area contributed by atoms with E-state index < -0.39 is 0 Å². The van der Waals surface area contributed by atoms with Crippen LogP contribution in [-0.2, 0) is 0 Å². The summed E-state index contributed by atoms with van der Waals surface area (Å²) < 4.78 is 5.21. The van der Waals surface area contributed by atoms with Gasteiger partial charge in [0.25, 0.3) is 0 Å². The lowest BCUT2D eigenvalue weighted by atomic mass is 10.1. The van der Waals surface area contributed by atoms with E-state index in [2.05, 4.69) is 15.6 Å². The van der Waals surface area contributed by atoms with Crippen LogP contribution in [-0.4, -0.2) is 24.7 Å². The minimum atomic E-state index is -0.118. The van der Waals surface area contributed by atoms with E-state index in [1.54, 1.807) is 7.11 Å². The fourth-order valence-corrected chi connectivity index (χ4v) is 2.18. The molecule has 1 aliphatic rings. The molecule has 1 aliphatic heterocycles. The molecule has 0 spiro atoms. The maximum atomic E-state index is 11.2. The normalized spacial score (nSPS) is 19.1. The van der Waals surface area contributed by atoms with Crippen LogP contribution in [0.3, 0.4) is 0 Å². The van der Waals surface area contributed by atoms with E-state index in [4.69, 9.17) is 4.74 Å². The Labute approximate surface area is 98.2 Å². The Morgan fingerprint density at radius 1 is 1.41 bits per heavy atom. The molecule has 3 N–H and O–H groups in total. The average molecular weight is 231 g/mol. The average Bonchev–Trinajstić information content (AvgIpc) is 2.93. The number of amides is 2. The second-order valence-corrected chi connectivity index (χ2v) is 4.06. The molecule has 0 unspecified atom stereocenters. The van der Waals surface area contributed by atoms with Gasteiger partial charge in [0.2, 0.25) is 0 Å². The molecule has 5 heteroatoms. The molecule has 0 aliphatic carbocycles. The predicted octanol–water partition coefficient (Wildman–Crippen LogP) is 1.53. The Balaban J connectivity index is 2.07. The van der Waals surface area contributed by atoms with Gasteiger partial charge in [-0.2, -0.15) is 0 Å². The van der Waals surface area contributed by atoms with Crippen molar-refractivity contribution in [1.82, 2.24) is 15.6 Å². The molecule has 1 aromatic heterocycles. The van der Waals surface area contributed by atoms with E-state index in [1.165, 1.54) is 0 Å². The maximum absolute atomic E-state index is 11.2. The van der Waals surface area contributed by atoms with E-state index in [9.17, 15) is 4.79 Å². The molecule has 3 rings (SSSR count). The number of aromatic nitrogens is 1. The molecule has 17 heavy (non-hydrogen) atoms. The van der Waals surface area contributed by atoms with E-state index in [0.29, 0.717) is 6.54 Å². The van der Waals surface area contributed by atoms with Crippen molar-refractivity contribution in [1.29, 1.82) is 0 Å². The topological polar surface area (TPSA) is 66.1 Å². The number of carbonyl (C=O) groups is 1. The van der Waals surface area contributed by atoms with E-state index in [0.717, 1.165) is 22.2 Å². The first-order chi connectivity index (χ1) is 8.28. The summed E-state index contributed by atoms with van der Waals surface area (Å²) in [5, 5.41) is 6.71. The number of carbonyl (C=O) groups excluding carboxylic acids is 1. The maximum Gasteiger partial charge on any atom is 0.315 e. The highest BCUT2D eigenvalue weighted by molar-refractivity contribution is 5.86. The summed E-state index contributed by atoms with van der Waals surface area (Å²) in [5.41, 5.74) is 2.12. The molecule has 2 aromatic rings. The van der Waals surface area contributed by atoms with Crippen LogP contribution in [0.1, 0.15) is 11.6 Å². The molecule has 1 saturated heterocycles. The first-order valence-corrected chi connectivity index (χ1v) is 5.47. The quantitative estimate of drug-likeness (QED) is 0.733. The lowest BCUT2D eigenvalue weighted by Gasteiger charge is -2.07. The van der Waals surface area contributed by atoms with Gasteiger partial charge in [-0.15, -0.1) is 0 Å². The van der Waals surface area contributed by atoms with Gasteiger partial charge >= 0.3 is 6.03 Å². The van der Waals surface area contributed by atoms with Gasteiger partial charge in [0.1, 0.15) is 5.75 Å². The Morgan fingerprint density at radius 3 is 3.00 bits per heavy atom. The summed E-state index contributed by atoms with van der Waals surface area (Å²) in [5.74, 6) is 0.815. The molecule has 1 aromatic carbocycles. The van der Waals surface area contributed by atoms with Crippen LogP contribution in [0.4, 0.5) is 4.79 Å². The molecule has 0 bridgehead atoms. The highest BCUT2D eigenvalue weighted by Crippen LogP contribution is 2.28. The number of aromatic amines is 1. The molecule has 1 atom stereocenters. The van der Waals surface area contributed by atoms with Crippen LogP contribution < -0.4 is 15.4 Å². The summed E-state index contributed by atoms with van der Waals surface area (Å²) in [6, 6.07) is 5.76. The third-order valence-electron chi connectivity index (χ3n) is 3.07. The van der Waals surface area contributed by atoms with Gasteiger partial charge in [-0.3, -0.25) is 0 Å². The van der Waals surface area contributed by atoms with Crippen LogP contribution >= 0.6 is 0 Å². The fourth-order valence-electron chi connectivity index (χ4n) is 2.18. The van der Waals surface area contributed by atoms with Crippen molar-refractivity contribution in [3.05, 3.63) is 30.0 Å². The first kappa shape index (κ1) is 10.0. The second-order valence-electron chi connectivity index (χ2n) is 4.06. The van der Waals surface area contributed by atoms with Crippen LogP contribution in [0.25, 0.3) is 10.9 Å². The number of ether oxygens (including phenoxy) is 1. The highest BCUT2D eigenvalue weighted by atomic mass is 16.5. The molecular weight excluding hydrogens is 218 g/mol. The van der Waals surface area contributed by atoms with E-state index in [-0.39, 0.29) is 12.1 Å². The van der Waals surface area contributed by atoms with Crippen LogP contribution in [0.2, 0.25) is 0 Å². The van der Waals surface area contributed by atoms with Crippen molar-refractivity contribution in [3.8, 4) is 5.75 Å². The Morgan fingerprint density at radius 2 is 2.29 bits per heavy atom. The number of fused-ring (bicyclic) bond motifs is 1. The number of nitrogens with one attached hydrogen (secondary N) is 3. The molecule has 2 heterocycles. The van der Waals surface area contributed by atoms with Crippen molar-refractivity contribution < 1.29 is 9.53 Å². The third-order valence-corrected chi connectivity index (χ3v) is 3.07. The molecule has 2 amide bonds. The van der Waals surface area contributed by atoms with Gasteiger partial charge in [0, 0.05) is 29.2 Å². The van der Waals surface area contributed by atoms with Gasteiger partial charge in [0.05, 0.1) is 13.2 Å². The Bertz CT molecular complexity index is 576. The summed E-state index contributed by atoms with van der Waals surface area (Å²) in [7, 11) is 1.65. The summed E-state index contributed by atoms with van der Waals surface area (Å²) >= 11 is 0. The van der Waals surface area contributed by atoms with Crippen LogP contribution in [0.15, 0.2) is 24.4 Å². The first-order valence-electron chi connectivity index (χ1n) is 5.47. The van der Waals surface area contributed by atoms with Gasteiger partial charge < -0.3 is 20.4 Å². The zero-order chi connectivity index (χ0) is 11.8.